The van der Waals surface area contributed by atoms with E-state index in [4.69, 9.17) is 11.6 Å². The second-order valence-electron chi connectivity index (χ2n) is 4.11. The van der Waals surface area contributed by atoms with Crippen molar-refractivity contribution in [2.45, 2.75) is 13.3 Å². The van der Waals surface area contributed by atoms with E-state index >= 15 is 0 Å². The lowest BCUT2D eigenvalue weighted by Crippen LogP contribution is -2.18. The summed E-state index contributed by atoms with van der Waals surface area (Å²) in [6.07, 6.45) is -0.236. The first kappa shape index (κ1) is 16.4. The lowest BCUT2D eigenvalue weighted by molar-refractivity contribution is -0.141. The molecule has 0 aromatic heterocycles. The number of Topliss-reactive ketones (excluding diaryl/α,β-unsaturated/α-hetero) is 1. The molecule has 0 aliphatic heterocycles. The van der Waals surface area contributed by atoms with Crippen LogP contribution in [0.1, 0.15) is 23.7 Å². The quantitative estimate of drug-likeness (QED) is 0.477. The first-order valence-electron chi connectivity index (χ1n) is 5.66. The monoisotopic (exact) mass is 306 g/mol. The minimum absolute atomic E-state index is 0.236. The molecule has 0 amide bonds. The van der Waals surface area contributed by atoms with Crippen molar-refractivity contribution in [1.29, 1.82) is 0 Å². The molecule has 1 aromatic rings. The average molecular weight is 307 g/mol. The number of ether oxygens (including phenoxy) is 2. The second kappa shape index (κ2) is 6.65. The van der Waals surface area contributed by atoms with Crippen molar-refractivity contribution in [1.82, 2.24) is 0 Å². The maximum absolute atomic E-state index is 13.9. The van der Waals surface area contributed by atoms with Crippen LogP contribution in [-0.2, 0) is 9.53 Å². The highest BCUT2D eigenvalue weighted by atomic mass is 35.5. The van der Waals surface area contributed by atoms with Crippen molar-refractivity contribution in [3.05, 3.63) is 28.3 Å². The molecule has 110 valence electrons. The van der Waals surface area contributed by atoms with Gasteiger partial charge in [-0.05, 0) is 6.07 Å². The molecular weight excluding hydrogens is 294 g/mol. The Morgan fingerprint density at radius 1 is 1.35 bits per heavy atom. The predicted octanol–water partition coefficient (Wildman–Crippen LogP) is 3.01. The van der Waals surface area contributed by atoms with Gasteiger partial charge in [-0.25, -0.2) is 8.78 Å². The predicted molar refractivity (Wildman–Crippen MR) is 68.0 cm³/mol. The van der Waals surface area contributed by atoms with Crippen LogP contribution in [0.4, 0.5) is 8.78 Å². The van der Waals surface area contributed by atoms with Crippen LogP contribution in [0.15, 0.2) is 6.07 Å². The van der Waals surface area contributed by atoms with Crippen molar-refractivity contribution in [2.24, 2.45) is 5.92 Å². The second-order valence-corrected chi connectivity index (χ2v) is 4.49. The Morgan fingerprint density at radius 2 is 1.95 bits per heavy atom. The first-order valence-corrected chi connectivity index (χ1v) is 6.03. The minimum Gasteiger partial charge on any atom is -0.492 e. The summed E-state index contributed by atoms with van der Waals surface area (Å²) in [7, 11) is 2.30. The van der Waals surface area contributed by atoms with Crippen LogP contribution in [0, 0.1) is 17.6 Å². The minimum atomic E-state index is -1.08. The van der Waals surface area contributed by atoms with E-state index in [0.717, 1.165) is 7.11 Å². The molecule has 0 radical (unpaired) electrons. The van der Waals surface area contributed by atoms with Crippen molar-refractivity contribution in [2.75, 3.05) is 14.2 Å². The van der Waals surface area contributed by atoms with Gasteiger partial charge >= 0.3 is 5.97 Å². The van der Waals surface area contributed by atoms with E-state index in [1.165, 1.54) is 14.0 Å². The lowest BCUT2D eigenvalue weighted by atomic mass is 9.96. The van der Waals surface area contributed by atoms with Crippen LogP contribution in [-0.4, -0.2) is 26.0 Å². The molecule has 1 unspecified atom stereocenters. The fraction of sp³-hybridized carbons (Fsp3) is 0.385. The van der Waals surface area contributed by atoms with E-state index in [1.54, 1.807) is 0 Å². The third-order valence-corrected chi connectivity index (χ3v) is 3.07. The van der Waals surface area contributed by atoms with Gasteiger partial charge in [0.25, 0.3) is 0 Å². The highest BCUT2D eigenvalue weighted by Gasteiger charge is 2.26. The third kappa shape index (κ3) is 3.25. The Balaban J connectivity index is 3.14. The third-order valence-electron chi connectivity index (χ3n) is 2.73. The van der Waals surface area contributed by atoms with Gasteiger partial charge in [0.2, 0.25) is 0 Å². The van der Waals surface area contributed by atoms with Gasteiger partial charge in [0.05, 0.1) is 26.2 Å². The number of carbonyl (C=O) groups is 2. The van der Waals surface area contributed by atoms with E-state index in [2.05, 4.69) is 9.47 Å². The van der Waals surface area contributed by atoms with Gasteiger partial charge in [0, 0.05) is 5.92 Å². The molecule has 20 heavy (non-hydrogen) atoms. The van der Waals surface area contributed by atoms with Crippen LogP contribution >= 0.6 is 11.6 Å². The number of carbonyl (C=O) groups excluding carboxylic acids is 2. The Morgan fingerprint density at radius 3 is 2.45 bits per heavy atom. The topological polar surface area (TPSA) is 52.6 Å². The van der Waals surface area contributed by atoms with Gasteiger partial charge in [-0.1, -0.05) is 18.5 Å². The number of halogens is 3. The van der Waals surface area contributed by atoms with Crippen LogP contribution in [0.25, 0.3) is 0 Å². The highest BCUT2D eigenvalue weighted by Crippen LogP contribution is 2.33. The molecule has 0 aliphatic rings. The summed E-state index contributed by atoms with van der Waals surface area (Å²) in [6, 6.07) is 0.705. The normalized spacial score (nSPS) is 11.9. The molecule has 0 spiro atoms. The van der Waals surface area contributed by atoms with Crippen LogP contribution in [0.3, 0.4) is 0 Å². The van der Waals surface area contributed by atoms with Gasteiger partial charge < -0.3 is 9.47 Å². The molecule has 0 N–H and O–H groups in total. The van der Waals surface area contributed by atoms with Gasteiger partial charge in [-0.3, -0.25) is 9.59 Å². The summed E-state index contributed by atoms with van der Waals surface area (Å²) in [5, 5.41) is -0.610. The van der Waals surface area contributed by atoms with E-state index in [9.17, 15) is 18.4 Å². The number of ketones is 1. The molecule has 0 bridgehead atoms. The van der Waals surface area contributed by atoms with Gasteiger partial charge in [-0.2, -0.15) is 0 Å². The molecule has 1 atom stereocenters. The number of benzene rings is 1. The fourth-order valence-electron chi connectivity index (χ4n) is 1.64. The van der Waals surface area contributed by atoms with E-state index in [0.29, 0.717) is 6.07 Å². The number of rotatable bonds is 5. The Labute approximate surface area is 119 Å². The number of methoxy groups -OCH3 is 2. The van der Waals surface area contributed by atoms with Crippen molar-refractivity contribution in [3.63, 3.8) is 0 Å². The SMILES string of the molecule is COC(=O)CC(C)C(=O)c1cc(F)c(OC)c(Cl)c1F. The number of hydrogen-bond donors (Lipinski definition) is 0. The zero-order chi connectivity index (χ0) is 15.4. The van der Waals surface area contributed by atoms with Crippen molar-refractivity contribution < 1.29 is 27.8 Å². The highest BCUT2D eigenvalue weighted by molar-refractivity contribution is 6.32. The van der Waals surface area contributed by atoms with Crippen LogP contribution in [0.2, 0.25) is 5.02 Å². The summed E-state index contributed by atoms with van der Waals surface area (Å²) in [6.45, 7) is 1.41. The zero-order valence-corrected chi connectivity index (χ0v) is 11.9. The molecule has 7 heteroatoms. The molecule has 0 fully saturated rings. The molecule has 1 rings (SSSR count). The Bertz CT molecular complexity index is 546. The molecule has 1 aromatic carbocycles. The molecule has 0 aliphatic carbocycles. The van der Waals surface area contributed by atoms with E-state index in [1.807, 2.05) is 0 Å². The Kier molecular flexibility index (Phi) is 5.44. The number of esters is 1. The van der Waals surface area contributed by atoms with Crippen LogP contribution in [0.5, 0.6) is 5.75 Å². The summed E-state index contributed by atoms with van der Waals surface area (Å²) >= 11 is 5.60. The van der Waals surface area contributed by atoms with Crippen LogP contribution < -0.4 is 4.74 Å². The molecule has 0 saturated heterocycles. The number of hydrogen-bond acceptors (Lipinski definition) is 4. The average Bonchev–Trinajstić information content (AvgIpc) is 2.42. The van der Waals surface area contributed by atoms with E-state index < -0.39 is 45.6 Å². The Hall–Kier alpha value is -1.69. The molecular formula is C13H13ClF2O4. The van der Waals surface area contributed by atoms with E-state index in [-0.39, 0.29) is 6.42 Å². The summed E-state index contributed by atoms with van der Waals surface area (Å²) in [5.74, 6) is -4.72. The first-order chi connectivity index (χ1) is 9.33. The standard InChI is InChI=1S/C13H13ClF2O4/c1-6(4-9(17)19-2)12(18)7-5-8(15)13(20-3)10(14)11(7)16/h5-6H,4H2,1-3H3. The fourth-order valence-corrected chi connectivity index (χ4v) is 1.91. The zero-order valence-electron chi connectivity index (χ0n) is 11.1. The van der Waals surface area contributed by atoms with Crippen molar-refractivity contribution >= 4 is 23.4 Å². The molecule has 4 nitrogen and oxygen atoms in total. The summed E-state index contributed by atoms with van der Waals surface area (Å²) in [4.78, 5) is 23.1. The smallest absolute Gasteiger partial charge is 0.306 e. The summed E-state index contributed by atoms with van der Waals surface area (Å²) in [5.41, 5.74) is -0.523. The maximum Gasteiger partial charge on any atom is 0.306 e. The van der Waals surface area contributed by atoms with Gasteiger partial charge in [-0.15, -0.1) is 0 Å². The van der Waals surface area contributed by atoms with Gasteiger partial charge in [0.15, 0.2) is 23.2 Å². The lowest BCUT2D eigenvalue weighted by Gasteiger charge is -2.12. The molecule has 0 saturated carbocycles. The van der Waals surface area contributed by atoms with Gasteiger partial charge in [0.1, 0.15) is 5.02 Å². The largest absolute Gasteiger partial charge is 0.492 e. The van der Waals surface area contributed by atoms with Crippen molar-refractivity contribution in [3.8, 4) is 5.75 Å². The maximum atomic E-state index is 13.9. The summed E-state index contributed by atoms with van der Waals surface area (Å²) < 4.78 is 36.6. The molecule has 0 heterocycles.